The van der Waals surface area contributed by atoms with Crippen LogP contribution in [-0.2, 0) is 6.54 Å². The SMILES string of the molecule is CCNCc1ccc(-c2ccccc2C(C)C)o1. The van der Waals surface area contributed by atoms with Crippen molar-refractivity contribution >= 4 is 0 Å². The number of rotatable bonds is 5. The normalized spacial score (nSPS) is 11.1. The van der Waals surface area contributed by atoms with Crippen LogP contribution in [0.15, 0.2) is 40.8 Å². The van der Waals surface area contributed by atoms with E-state index in [1.807, 2.05) is 0 Å². The molecular formula is C16H21NO. The second-order valence-corrected chi connectivity index (χ2v) is 4.79. The average molecular weight is 243 g/mol. The minimum absolute atomic E-state index is 0.503. The summed E-state index contributed by atoms with van der Waals surface area (Å²) in [5, 5.41) is 3.27. The van der Waals surface area contributed by atoms with Crippen molar-refractivity contribution in [2.24, 2.45) is 0 Å². The summed E-state index contributed by atoms with van der Waals surface area (Å²) in [7, 11) is 0. The van der Waals surface area contributed by atoms with Gasteiger partial charge in [0.1, 0.15) is 11.5 Å². The molecule has 18 heavy (non-hydrogen) atoms. The second-order valence-electron chi connectivity index (χ2n) is 4.79. The van der Waals surface area contributed by atoms with Gasteiger partial charge in [-0.2, -0.15) is 0 Å². The number of hydrogen-bond acceptors (Lipinski definition) is 2. The lowest BCUT2D eigenvalue weighted by molar-refractivity contribution is 0.498. The molecular weight excluding hydrogens is 222 g/mol. The van der Waals surface area contributed by atoms with E-state index in [1.54, 1.807) is 0 Å². The van der Waals surface area contributed by atoms with Crippen molar-refractivity contribution in [3.8, 4) is 11.3 Å². The summed E-state index contributed by atoms with van der Waals surface area (Å²) < 4.78 is 5.90. The van der Waals surface area contributed by atoms with Crippen LogP contribution in [0.1, 0.15) is 38.0 Å². The zero-order chi connectivity index (χ0) is 13.0. The minimum atomic E-state index is 0.503. The Hall–Kier alpha value is -1.54. The first kappa shape index (κ1) is 12.9. The molecule has 2 aromatic rings. The van der Waals surface area contributed by atoms with Gasteiger partial charge in [-0.15, -0.1) is 0 Å². The van der Waals surface area contributed by atoms with E-state index in [-0.39, 0.29) is 0 Å². The largest absolute Gasteiger partial charge is 0.460 e. The standard InChI is InChI=1S/C16H21NO/c1-4-17-11-13-9-10-16(18-13)15-8-6-5-7-14(15)12(2)3/h5-10,12,17H,4,11H2,1-3H3. The summed E-state index contributed by atoms with van der Waals surface area (Å²) in [5.41, 5.74) is 2.54. The van der Waals surface area contributed by atoms with Crippen LogP contribution in [0.4, 0.5) is 0 Å². The molecule has 0 aliphatic rings. The first-order valence-electron chi connectivity index (χ1n) is 6.61. The molecule has 0 saturated carbocycles. The van der Waals surface area contributed by atoms with E-state index >= 15 is 0 Å². The van der Waals surface area contributed by atoms with Gasteiger partial charge in [-0.1, -0.05) is 45.0 Å². The molecule has 1 aromatic heterocycles. The molecule has 2 nitrogen and oxygen atoms in total. The fourth-order valence-corrected chi connectivity index (χ4v) is 2.09. The van der Waals surface area contributed by atoms with E-state index in [9.17, 15) is 0 Å². The van der Waals surface area contributed by atoms with E-state index in [0.717, 1.165) is 24.6 Å². The molecule has 1 heterocycles. The van der Waals surface area contributed by atoms with Gasteiger partial charge in [0.2, 0.25) is 0 Å². The fraction of sp³-hybridized carbons (Fsp3) is 0.375. The maximum absolute atomic E-state index is 5.90. The fourth-order valence-electron chi connectivity index (χ4n) is 2.09. The molecule has 96 valence electrons. The topological polar surface area (TPSA) is 25.2 Å². The van der Waals surface area contributed by atoms with E-state index in [0.29, 0.717) is 5.92 Å². The predicted molar refractivity (Wildman–Crippen MR) is 75.6 cm³/mol. The minimum Gasteiger partial charge on any atom is -0.460 e. The third kappa shape index (κ3) is 2.82. The van der Waals surface area contributed by atoms with Gasteiger partial charge in [-0.25, -0.2) is 0 Å². The van der Waals surface area contributed by atoms with Crippen molar-refractivity contribution in [3.63, 3.8) is 0 Å². The third-order valence-corrected chi connectivity index (χ3v) is 3.06. The Bertz CT molecular complexity index is 499. The smallest absolute Gasteiger partial charge is 0.134 e. The van der Waals surface area contributed by atoms with Crippen molar-refractivity contribution in [3.05, 3.63) is 47.7 Å². The summed E-state index contributed by atoms with van der Waals surface area (Å²) >= 11 is 0. The van der Waals surface area contributed by atoms with Gasteiger partial charge >= 0.3 is 0 Å². The Morgan fingerprint density at radius 1 is 1.11 bits per heavy atom. The average Bonchev–Trinajstić information content (AvgIpc) is 2.85. The maximum Gasteiger partial charge on any atom is 0.134 e. The van der Waals surface area contributed by atoms with Gasteiger partial charge in [0.25, 0.3) is 0 Å². The van der Waals surface area contributed by atoms with Gasteiger partial charge in [0.15, 0.2) is 0 Å². The van der Waals surface area contributed by atoms with Gasteiger partial charge in [-0.3, -0.25) is 0 Å². The Balaban J connectivity index is 2.28. The first-order chi connectivity index (χ1) is 8.72. The molecule has 1 N–H and O–H groups in total. The summed E-state index contributed by atoms with van der Waals surface area (Å²) in [6, 6.07) is 12.6. The highest BCUT2D eigenvalue weighted by molar-refractivity contribution is 5.63. The van der Waals surface area contributed by atoms with Crippen LogP contribution < -0.4 is 5.32 Å². The lowest BCUT2D eigenvalue weighted by Gasteiger charge is -2.10. The van der Waals surface area contributed by atoms with Crippen LogP contribution in [0.25, 0.3) is 11.3 Å². The molecule has 0 unspecified atom stereocenters. The van der Waals surface area contributed by atoms with E-state index in [1.165, 1.54) is 11.1 Å². The molecule has 0 fully saturated rings. The maximum atomic E-state index is 5.90. The van der Waals surface area contributed by atoms with E-state index in [4.69, 9.17) is 4.42 Å². The van der Waals surface area contributed by atoms with Crippen LogP contribution in [-0.4, -0.2) is 6.54 Å². The number of benzene rings is 1. The third-order valence-electron chi connectivity index (χ3n) is 3.06. The summed E-state index contributed by atoms with van der Waals surface area (Å²) in [4.78, 5) is 0. The molecule has 0 radical (unpaired) electrons. The molecule has 0 aliphatic carbocycles. The Morgan fingerprint density at radius 2 is 1.89 bits per heavy atom. The van der Waals surface area contributed by atoms with Gasteiger partial charge in [0, 0.05) is 5.56 Å². The quantitative estimate of drug-likeness (QED) is 0.852. The van der Waals surface area contributed by atoms with Gasteiger partial charge in [0.05, 0.1) is 6.54 Å². The lowest BCUT2D eigenvalue weighted by atomic mass is 9.96. The van der Waals surface area contributed by atoms with Crippen LogP contribution in [0.5, 0.6) is 0 Å². The summed E-state index contributed by atoms with van der Waals surface area (Å²) in [6.45, 7) is 8.26. The monoisotopic (exact) mass is 243 g/mol. The van der Waals surface area contributed by atoms with Crippen molar-refractivity contribution in [2.75, 3.05) is 6.54 Å². The molecule has 1 aromatic carbocycles. The first-order valence-corrected chi connectivity index (χ1v) is 6.61. The molecule has 0 amide bonds. The van der Waals surface area contributed by atoms with Crippen LogP contribution >= 0.6 is 0 Å². The number of furan rings is 1. The second kappa shape index (κ2) is 5.87. The molecule has 2 heteroatoms. The molecule has 0 saturated heterocycles. The highest BCUT2D eigenvalue weighted by Crippen LogP contribution is 2.30. The summed E-state index contributed by atoms with van der Waals surface area (Å²) in [6.07, 6.45) is 0. The molecule has 2 rings (SSSR count). The zero-order valence-electron chi connectivity index (χ0n) is 11.4. The van der Waals surface area contributed by atoms with Crippen molar-refractivity contribution < 1.29 is 4.42 Å². The van der Waals surface area contributed by atoms with Crippen LogP contribution in [0.2, 0.25) is 0 Å². The molecule has 0 bridgehead atoms. The van der Waals surface area contributed by atoms with E-state index < -0.39 is 0 Å². The van der Waals surface area contributed by atoms with Crippen molar-refractivity contribution in [1.29, 1.82) is 0 Å². The highest BCUT2D eigenvalue weighted by Gasteiger charge is 2.11. The van der Waals surface area contributed by atoms with Crippen LogP contribution in [0.3, 0.4) is 0 Å². The van der Waals surface area contributed by atoms with Gasteiger partial charge < -0.3 is 9.73 Å². The van der Waals surface area contributed by atoms with Crippen molar-refractivity contribution in [2.45, 2.75) is 33.2 Å². The Kier molecular flexibility index (Phi) is 4.21. The molecule has 0 aliphatic heterocycles. The summed E-state index contributed by atoms with van der Waals surface area (Å²) in [5.74, 6) is 2.46. The Labute approximate surface area is 109 Å². The number of nitrogens with one attached hydrogen (secondary N) is 1. The highest BCUT2D eigenvalue weighted by atomic mass is 16.3. The van der Waals surface area contributed by atoms with Crippen LogP contribution in [0, 0.1) is 0 Å². The van der Waals surface area contributed by atoms with Crippen molar-refractivity contribution in [1.82, 2.24) is 5.32 Å². The molecule has 0 spiro atoms. The predicted octanol–water partition coefficient (Wildman–Crippen LogP) is 4.18. The van der Waals surface area contributed by atoms with E-state index in [2.05, 4.69) is 62.5 Å². The molecule has 0 atom stereocenters. The number of hydrogen-bond donors (Lipinski definition) is 1. The Morgan fingerprint density at radius 3 is 2.61 bits per heavy atom. The lowest BCUT2D eigenvalue weighted by Crippen LogP contribution is -2.10. The van der Waals surface area contributed by atoms with Gasteiger partial charge in [-0.05, 0) is 30.2 Å². The zero-order valence-corrected chi connectivity index (χ0v) is 11.4.